The zero-order valence-corrected chi connectivity index (χ0v) is 19.0. The summed E-state index contributed by atoms with van der Waals surface area (Å²) in [5.41, 5.74) is 4.02. The van der Waals surface area contributed by atoms with Crippen LogP contribution in [0.1, 0.15) is 56.1 Å². The molecule has 0 bridgehead atoms. The normalized spacial score (nSPS) is 25.8. The molecule has 0 aliphatic heterocycles. The van der Waals surface area contributed by atoms with Gasteiger partial charge in [0.2, 0.25) is 0 Å². The summed E-state index contributed by atoms with van der Waals surface area (Å²) in [4.78, 5) is 14.6. The number of rotatable bonds is 11. The van der Waals surface area contributed by atoms with Crippen LogP contribution in [-0.2, 0) is 11.2 Å². The molecule has 1 fully saturated rings. The molecule has 0 radical (unpaired) electrons. The van der Waals surface area contributed by atoms with Crippen LogP contribution in [0.2, 0.25) is 0 Å². The van der Waals surface area contributed by atoms with Crippen molar-refractivity contribution in [3.8, 4) is 0 Å². The number of aliphatic hydroxyl groups is 1. The number of hydrogen-bond donors (Lipinski definition) is 1. The summed E-state index contributed by atoms with van der Waals surface area (Å²) in [5.74, 6) is 1.27. The number of fused-ring (bicyclic) bond motifs is 1. The average molecular weight is 410 g/mol. The van der Waals surface area contributed by atoms with Crippen molar-refractivity contribution in [1.82, 2.24) is 4.90 Å². The van der Waals surface area contributed by atoms with Gasteiger partial charge in [-0.25, -0.2) is 0 Å². The summed E-state index contributed by atoms with van der Waals surface area (Å²) in [6.07, 6.45) is 14.2. The van der Waals surface area contributed by atoms with Gasteiger partial charge in [-0.1, -0.05) is 54.0 Å². The van der Waals surface area contributed by atoms with Crippen molar-refractivity contribution < 1.29 is 9.90 Å². The number of benzene rings is 1. The van der Waals surface area contributed by atoms with E-state index in [1.54, 1.807) is 11.6 Å². The molecule has 0 spiro atoms. The third kappa shape index (κ3) is 6.65. The van der Waals surface area contributed by atoms with Crippen molar-refractivity contribution in [2.24, 2.45) is 17.8 Å². The molecule has 1 aromatic carbocycles. The van der Waals surface area contributed by atoms with Crippen LogP contribution in [-0.4, -0.2) is 42.5 Å². The first-order chi connectivity index (χ1) is 14.4. The topological polar surface area (TPSA) is 40.5 Å². The number of nitrogens with zero attached hydrogens (tertiary/aromatic N) is 1. The molecule has 2 aliphatic rings. The maximum Gasteiger partial charge on any atom is 0.155 e. The lowest BCUT2D eigenvalue weighted by molar-refractivity contribution is -0.114. The van der Waals surface area contributed by atoms with E-state index in [2.05, 4.69) is 50.2 Å². The van der Waals surface area contributed by atoms with E-state index in [-0.39, 0.29) is 17.8 Å². The number of carbonyl (C=O) groups excluding carboxylic acids is 1. The summed E-state index contributed by atoms with van der Waals surface area (Å²) in [6.45, 7) is 3.25. The molecule has 1 saturated carbocycles. The summed E-state index contributed by atoms with van der Waals surface area (Å²) < 4.78 is 0. The third-order valence-electron chi connectivity index (χ3n) is 6.80. The Hall–Kier alpha value is -1.71. The predicted octanol–water partition coefficient (Wildman–Crippen LogP) is 5.12. The number of allylic oxidation sites excluding steroid dienone is 3. The van der Waals surface area contributed by atoms with Crippen LogP contribution < -0.4 is 0 Å². The second-order valence-corrected chi connectivity index (χ2v) is 9.67. The Kier molecular flexibility index (Phi) is 8.47. The van der Waals surface area contributed by atoms with E-state index in [0.29, 0.717) is 18.3 Å². The molecule has 3 nitrogen and oxygen atoms in total. The zero-order chi connectivity index (χ0) is 21.5. The maximum atomic E-state index is 12.4. The Morgan fingerprint density at radius 3 is 2.80 bits per heavy atom. The predicted molar refractivity (Wildman–Crippen MR) is 124 cm³/mol. The number of unbranched alkanes of at least 4 members (excludes halogenated alkanes) is 2. The molecule has 0 amide bonds. The molecule has 1 aromatic rings. The van der Waals surface area contributed by atoms with E-state index in [0.717, 1.165) is 19.3 Å². The minimum absolute atomic E-state index is 0.125. The lowest BCUT2D eigenvalue weighted by Crippen LogP contribution is -2.17. The van der Waals surface area contributed by atoms with Crippen molar-refractivity contribution >= 4 is 5.78 Å². The highest BCUT2D eigenvalue weighted by Gasteiger charge is 2.43. The van der Waals surface area contributed by atoms with Crippen LogP contribution in [0.25, 0.3) is 0 Å². The Labute approximate surface area is 182 Å². The fourth-order valence-electron chi connectivity index (χ4n) is 5.18. The van der Waals surface area contributed by atoms with Crippen LogP contribution in [0.3, 0.4) is 0 Å². The lowest BCUT2D eigenvalue weighted by atomic mass is 9.88. The fraction of sp³-hybridized carbons (Fsp3) is 0.593. The molecule has 0 aromatic heterocycles. The van der Waals surface area contributed by atoms with Gasteiger partial charge in [-0.3, -0.25) is 4.79 Å². The highest BCUT2D eigenvalue weighted by atomic mass is 16.3. The number of aryl methyl sites for hydroxylation is 2. The first-order valence-electron chi connectivity index (χ1n) is 11.7. The number of aliphatic hydroxyl groups excluding tert-OH is 1. The Balaban J connectivity index is 1.44. The van der Waals surface area contributed by atoms with Crippen LogP contribution in [0.5, 0.6) is 0 Å². The quantitative estimate of drug-likeness (QED) is 0.313. The van der Waals surface area contributed by atoms with Crippen LogP contribution >= 0.6 is 0 Å². The molecular weight excluding hydrogens is 370 g/mol. The van der Waals surface area contributed by atoms with Crippen molar-refractivity contribution in [3.63, 3.8) is 0 Å². The number of ketones is 1. The van der Waals surface area contributed by atoms with E-state index in [1.807, 2.05) is 12.1 Å². The summed E-state index contributed by atoms with van der Waals surface area (Å²) in [5, 5.41) is 10.5. The molecule has 0 unspecified atom stereocenters. The largest absolute Gasteiger partial charge is 0.392 e. The smallest absolute Gasteiger partial charge is 0.155 e. The molecule has 3 rings (SSSR count). The van der Waals surface area contributed by atoms with Gasteiger partial charge in [0, 0.05) is 12.3 Å². The first kappa shape index (κ1) is 23.0. The second-order valence-electron chi connectivity index (χ2n) is 9.67. The SMILES string of the molecule is Cc1cccc(CCC(=O)C=C[C@@H]2[C@H]3CC(CCCCCN(C)C)=C[C@H]3C[C@H]2O)c1. The maximum absolute atomic E-state index is 12.4. The van der Waals surface area contributed by atoms with Gasteiger partial charge in [0.25, 0.3) is 0 Å². The highest BCUT2D eigenvalue weighted by molar-refractivity contribution is 5.89. The van der Waals surface area contributed by atoms with Gasteiger partial charge in [0.05, 0.1) is 6.10 Å². The molecule has 0 heterocycles. The molecule has 2 aliphatic carbocycles. The minimum Gasteiger partial charge on any atom is -0.392 e. The molecule has 30 heavy (non-hydrogen) atoms. The van der Waals surface area contributed by atoms with Crippen LogP contribution in [0.4, 0.5) is 0 Å². The fourth-order valence-corrected chi connectivity index (χ4v) is 5.18. The van der Waals surface area contributed by atoms with Gasteiger partial charge in [-0.05, 0) is 89.6 Å². The van der Waals surface area contributed by atoms with E-state index >= 15 is 0 Å². The van der Waals surface area contributed by atoms with Crippen molar-refractivity contribution in [2.45, 2.75) is 64.4 Å². The molecule has 0 saturated heterocycles. The van der Waals surface area contributed by atoms with E-state index in [4.69, 9.17) is 0 Å². The van der Waals surface area contributed by atoms with Gasteiger partial charge in [-0.2, -0.15) is 0 Å². The summed E-state index contributed by atoms with van der Waals surface area (Å²) in [7, 11) is 4.26. The van der Waals surface area contributed by atoms with Crippen molar-refractivity contribution in [3.05, 3.63) is 59.2 Å². The number of hydrogen-bond acceptors (Lipinski definition) is 3. The average Bonchev–Trinajstić information content (AvgIpc) is 3.20. The molecule has 1 N–H and O–H groups in total. The lowest BCUT2D eigenvalue weighted by Gasteiger charge is -2.18. The van der Waals surface area contributed by atoms with Gasteiger partial charge in [0.1, 0.15) is 0 Å². The van der Waals surface area contributed by atoms with Gasteiger partial charge < -0.3 is 10.0 Å². The Morgan fingerprint density at radius 1 is 1.20 bits per heavy atom. The summed E-state index contributed by atoms with van der Waals surface area (Å²) >= 11 is 0. The van der Waals surface area contributed by atoms with E-state index in [9.17, 15) is 9.90 Å². The van der Waals surface area contributed by atoms with Crippen LogP contribution in [0.15, 0.2) is 48.1 Å². The van der Waals surface area contributed by atoms with E-state index < -0.39 is 0 Å². The molecule has 4 atom stereocenters. The Morgan fingerprint density at radius 2 is 2.03 bits per heavy atom. The van der Waals surface area contributed by atoms with Gasteiger partial charge >= 0.3 is 0 Å². The molecule has 3 heteroatoms. The minimum atomic E-state index is -0.307. The third-order valence-corrected chi connectivity index (χ3v) is 6.80. The standard InChI is InChI=1S/C27H39NO2/c1-20-8-7-10-21(16-20)11-12-24(29)13-14-25-26-18-22(17-23(26)19-27(25)30)9-5-4-6-15-28(2)3/h7-8,10,13-14,16-17,23,25-27,30H,4-6,9,11-12,15,18-19H2,1-3H3/t23-,25+,26-,27+/m0/s1. The number of carbonyl (C=O) groups is 1. The van der Waals surface area contributed by atoms with Gasteiger partial charge in [-0.15, -0.1) is 0 Å². The molecular formula is C27H39NO2. The second kappa shape index (κ2) is 11.1. The first-order valence-corrected chi connectivity index (χ1v) is 11.7. The monoisotopic (exact) mass is 409 g/mol. The summed E-state index contributed by atoms with van der Waals surface area (Å²) in [6, 6.07) is 8.36. The van der Waals surface area contributed by atoms with Crippen molar-refractivity contribution in [2.75, 3.05) is 20.6 Å². The van der Waals surface area contributed by atoms with Crippen molar-refractivity contribution in [1.29, 1.82) is 0 Å². The van der Waals surface area contributed by atoms with Crippen LogP contribution in [0, 0.1) is 24.7 Å². The Bertz CT molecular complexity index is 764. The van der Waals surface area contributed by atoms with E-state index in [1.165, 1.54) is 43.4 Å². The van der Waals surface area contributed by atoms with Gasteiger partial charge in [0.15, 0.2) is 5.78 Å². The highest BCUT2D eigenvalue weighted by Crippen LogP contribution is 2.48. The molecule has 164 valence electrons. The zero-order valence-electron chi connectivity index (χ0n) is 19.0.